The van der Waals surface area contributed by atoms with Crippen LogP contribution in [0.3, 0.4) is 0 Å². The quantitative estimate of drug-likeness (QED) is 0.609. The maximum absolute atomic E-state index is 11.2. The van der Waals surface area contributed by atoms with Gasteiger partial charge in [-0.25, -0.2) is 4.79 Å². The van der Waals surface area contributed by atoms with Crippen LogP contribution in [0.25, 0.3) is 0 Å². The maximum Gasteiger partial charge on any atom is 0.354 e. The number of carboxylic acid groups (broad SMARTS) is 1. The Hall–Kier alpha value is -2.34. The number of hydrogen-bond acceptors (Lipinski definition) is 4. The van der Waals surface area contributed by atoms with E-state index in [0.29, 0.717) is 10.0 Å². The van der Waals surface area contributed by atoms with Crippen LogP contribution in [0.1, 0.15) is 11.1 Å². The highest BCUT2D eigenvalue weighted by molar-refractivity contribution is 9.10. The van der Waals surface area contributed by atoms with E-state index in [2.05, 4.69) is 21.1 Å². The zero-order valence-corrected chi connectivity index (χ0v) is 13.2. The fourth-order valence-corrected chi connectivity index (χ4v) is 2.19. The average Bonchev–Trinajstić information content (AvgIpc) is 2.51. The molecule has 0 bridgehead atoms. The van der Waals surface area contributed by atoms with E-state index in [0.717, 1.165) is 5.56 Å². The summed E-state index contributed by atoms with van der Waals surface area (Å²) in [5, 5.41) is 22.3. The first-order chi connectivity index (χ1) is 10.6. The highest BCUT2D eigenvalue weighted by Crippen LogP contribution is 2.24. The number of phenols is 1. The summed E-state index contributed by atoms with van der Waals surface area (Å²) in [4.78, 5) is 16.3. The Morgan fingerprint density at radius 2 is 1.86 bits per heavy atom. The summed E-state index contributed by atoms with van der Waals surface area (Å²) in [5.41, 5.74) is 1.51. The van der Waals surface area contributed by atoms with Gasteiger partial charge in [0.25, 0.3) is 0 Å². The van der Waals surface area contributed by atoms with E-state index in [-0.39, 0.29) is 24.5 Å². The molecule has 0 saturated heterocycles. The van der Waals surface area contributed by atoms with Crippen LogP contribution in [-0.4, -0.2) is 21.9 Å². The number of benzene rings is 2. The number of phenolic OH excluding ortho intramolecular Hbond substituents is 1. The number of oxime groups is 1. The Morgan fingerprint density at radius 3 is 2.50 bits per heavy atom. The number of aliphatic carboxylic acids is 1. The highest BCUT2D eigenvalue weighted by atomic mass is 79.9. The molecule has 2 aromatic carbocycles. The Balaban J connectivity index is 2.04. The van der Waals surface area contributed by atoms with Crippen LogP contribution in [0.5, 0.6) is 5.75 Å². The first-order valence-electron chi connectivity index (χ1n) is 6.49. The van der Waals surface area contributed by atoms with E-state index < -0.39 is 5.97 Å². The van der Waals surface area contributed by atoms with Crippen molar-refractivity contribution in [3.63, 3.8) is 0 Å². The van der Waals surface area contributed by atoms with Gasteiger partial charge in [0, 0.05) is 6.42 Å². The second kappa shape index (κ2) is 7.61. The minimum absolute atomic E-state index is 0.0953. The van der Waals surface area contributed by atoms with Crippen LogP contribution in [0.15, 0.2) is 58.2 Å². The predicted octanol–water partition coefficient (Wildman–Crippen LogP) is 3.35. The zero-order valence-electron chi connectivity index (χ0n) is 11.6. The molecule has 0 aromatic heterocycles. The third-order valence-corrected chi connectivity index (χ3v) is 3.51. The van der Waals surface area contributed by atoms with Gasteiger partial charge in [-0.05, 0) is 39.2 Å². The van der Waals surface area contributed by atoms with E-state index in [4.69, 9.17) is 4.84 Å². The zero-order chi connectivity index (χ0) is 15.9. The van der Waals surface area contributed by atoms with Crippen molar-refractivity contribution in [2.24, 2.45) is 5.16 Å². The fourth-order valence-electron chi connectivity index (χ4n) is 1.76. The van der Waals surface area contributed by atoms with Crippen molar-refractivity contribution in [2.45, 2.75) is 13.0 Å². The normalized spacial score (nSPS) is 11.2. The van der Waals surface area contributed by atoms with E-state index in [1.165, 1.54) is 6.07 Å². The van der Waals surface area contributed by atoms with Crippen molar-refractivity contribution < 1.29 is 19.8 Å². The number of carboxylic acids is 1. The average molecular weight is 364 g/mol. The van der Waals surface area contributed by atoms with Crippen LogP contribution in [0.2, 0.25) is 0 Å². The lowest BCUT2D eigenvalue weighted by molar-refractivity contribution is -0.129. The molecule has 0 aliphatic carbocycles. The molecule has 0 atom stereocenters. The van der Waals surface area contributed by atoms with Gasteiger partial charge in [0.05, 0.1) is 4.47 Å². The lowest BCUT2D eigenvalue weighted by Crippen LogP contribution is -2.16. The largest absolute Gasteiger partial charge is 0.507 e. The fraction of sp³-hybridized carbons (Fsp3) is 0.125. The molecule has 0 aliphatic heterocycles. The molecule has 0 heterocycles. The predicted molar refractivity (Wildman–Crippen MR) is 85.8 cm³/mol. The minimum atomic E-state index is -1.14. The summed E-state index contributed by atoms with van der Waals surface area (Å²) in [6, 6.07) is 14.1. The lowest BCUT2D eigenvalue weighted by atomic mass is 10.1. The van der Waals surface area contributed by atoms with E-state index in [1.54, 1.807) is 12.1 Å². The number of hydrogen-bond donors (Lipinski definition) is 2. The standard InChI is InChI=1S/C16H14BrNO4/c17-13-8-12(6-7-15(13)19)9-14(16(20)21)18-22-10-11-4-2-1-3-5-11/h1-8,19H,9-10H2,(H,20,21)/b18-14+. The third-order valence-electron chi connectivity index (χ3n) is 2.88. The lowest BCUT2D eigenvalue weighted by Gasteiger charge is -2.05. The number of aromatic hydroxyl groups is 1. The maximum atomic E-state index is 11.2. The Labute approximate surface area is 136 Å². The van der Waals surface area contributed by atoms with Crippen LogP contribution in [0.4, 0.5) is 0 Å². The van der Waals surface area contributed by atoms with Gasteiger partial charge in [-0.1, -0.05) is 41.6 Å². The van der Waals surface area contributed by atoms with Gasteiger partial charge in [-0.15, -0.1) is 0 Å². The molecule has 0 spiro atoms. The smallest absolute Gasteiger partial charge is 0.354 e. The second-order valence-electron chi connectivity index (χ2n) is 4.56. The van der Waals surface area contributed by atoms with Crippen molar-refractivity contribution in [3.05, 3.63) is 64.1 Å². The van der Waals surface area contributed by atoms with Crippen molar-refractivity contribution in [1.82, 2.24) is 0 Å². The summed E-state index contributed by atoms with van der Waals surface area (Å²) in [5.74, 6) is -1.05. The third kappa shape index (κ3) is 4.60. The van der Waals surface area contributed by atoms with Gasteiger partial charge in [0.2, 0.25) is 0 Å². The van der Waals surface area contributed by atoms with Gasteiger partial charge in [-0.2, -0.15) is 0 Å². The molecular formula is C16H14BrNO4. The highest BCUT2D eigenvalue weighted by Gasteiger charge is 2.12. The minimum Gasteiger partial charge on any atom is -0.507 e. The summed E-state index contributed by atoms with van der Waals surface area (Å²) < 4.78 is 0.500. The summed E-state index contributed by atoms with van der Waals surface area (Å²) in [7, 11) is 0. The molecule has 2 rings (SSSR count). The molecule has 0 fully saturated rings. The molecular weight excluding hydrogens is 350 g/mol. The van der Waals surface area contributed by atoms with E-state index in [9.17, 15) is 15.0 Å². The van der Waals surface area contributed by atoms with Crippen molar-refractivity contribution in [3.8, 4) is 5.75 Å². The number of carbonyl (C=O) groups is 1. The Morgan fingerprint density at radius 1 is 1.14 bits per heavy atom. The van der Waals surface area contributed by atoms with Crippen molar-refractivity contribution in [1.29, 1.82) is 0 Å². The van der Waals surface area contributed by atoms with Gasteiger partial charge >= 0.3 is 5.97 Å². The Bertz CT molecular complexity index is 686. The van der Waals surface area contributed by atoms with Gasteiger partial charge < -0.3 is 15.1 Å². The first kappa shape index (κ1) is 16.0. The van der Waals surface area contributed by atoms with Crippen LogP contribution < -0.4 is 0 Å². The molecule has 2 N–H and O–H groups in total. The molecule has 0 saturated carbocycles. The Kier molecular flexibility index (Phi) is 5.55. The van der Waals surface area contributed by atoms with Gasteiger partial charge in [0.1, 0.15) is 12.4 Å². The number of halogens is 1. The summed E-state index contributed by atoms with van der Waals surface area (Å²) in [6.07, 6.45) is 0.100. The van der Waals surface area contributed by atoms with Crippen molar-refractivity contribution >= 4 is 27.6 Å². The molecule has 2 aromatic rings. The van der Waals surface area contributed by atoms with E-state index in [1.807, 2.05) is 30.3 Å². The molecule has 0 unspecified atom stereocenters. The second-order valence-corrected chi connectivity index (χ2v) is 5.42. The first-order valence-corrected chi connectivity index (χ1v) is 7.29. The van der Waals surface area contributed by atoms with Crippen LogP contribution in [0, 0.1) is 0 Å². The molecule has 22 heavy (non-hydrogen) atoms. The molecule has 0 radical (unpaired) electrons. The summed E-state index contributed by atoms with van der Waals surface area (Å²) >= 11 is 3.19. The van der Waals surface area contributed by atoms with Crippen LogP contribution >= 0.6 is 15.9 Å². The van der Waals surface area contributed by atoms with E-state index >= 15 is 0 Å². The molecule has 5 nitrogen and oxygen atoms in total. The molecule has 0 aliphatic rings. The number of nitrogens with zero attached hydrogens (tertiary/aromatic N) is 1. The van der Waals surface area contributed by atoms with Gasteiger partial charge in [0.15, 0.2) is 5.71 Å². The van der Waals surface area contributed by atoms with Gasteiger partial charge in [-0.3, -0.25) is 0 Å². The SMILES string of the molecule is O=C(O)/C(Cc1ccc(O)c(Br)c1)=N/OCc1ccccc1. The molecule has 6 heteroatoms. The van der Waals surface area contributed by atoms with Crippen LogP contribution in [-0.2, 0) is 22.7 Å². The monoisotopic (exact) mass is 363 g/mol. The topological polar surface area (TPSA) is 79.1 Å². The van der Waals surface area contributed by atoms with Crippen molar-refractivity contribution in [2.75, 3.05) is 0 Å². The molecule has 114 valence electrons. The number of rotatable bonds is 6. The summed E-state index contributed by atoms with van der Waals surface area (Å²) in [6.45, 7) is 0.205. The molecule has 0 amide bonds.